The van der Waals surface area contributed by atoms with Crippen LogP contribution >= 0.6 is 0 Å². The van der Waals surface area contributed by atoms with Crippen molar-refractivity contribution in [1.82, 2.24) is 5.32 Å². The van der Waals surface area contributed by atoms with Crippen LogP contribution < -0.4 is 10.1 Å². The van der Waals surface area contributed by atoms with E-state index in [1.165, 1.54) is 0 Å². The van der Waals surface area contributed by atoms with Crippen molar-refractivity contribution in [2.75, 3.05) is 6.54 Å². The molecule has 5 heteroatoms. The normalized spacial score (nSPS) is 11.4. The number of benzene rings is 2. The van der Waals surface area contributed by atoms with Crippen LogP contribution in [0.2, 0.25) is 0 Å². The molecule has 0 radical (unpaired) electrons. The Morgan fingerprint density at radius 3 is 2.33 bits per heavy atom. The van der Waals surface area contributed by atoms with Crippen LogP contribution in [0.5, 0.6) is 5.75 Å². The molecule has 0 atom stereocenters. The summed E-state index contributed by atoms with van der Waals surface area (Å²) in [5.74, 6) is 0.644. The molecular weight excluding hydrogens is 279 g/mol. The zero-order valence-corrected chi connectivity index (χ0v) is 11.4. The minimum absolute atomic E-state index is 0.155. The van der Waals surface area contributed by atoms with Gasteiger partial charge in [0.1, 0.15) is 12.4 Å². The summed E-state index contributed by atoms with van der Waals surface area (Å²) in [4.78, 5) is 0. The number of hydrogen-bond acceptors (Lipinski definition) is 2. The maximum Gasteiger partial charge on any atom is 0.401 e. The molecule has 0 spiro atoms. The average Bonchev–Trinajstić information content (AvgIpc) is 2.45. The minimum atomic E-state index is -4.19. The van der Waals surface area contributed by atoms with Crippen molar-refractivity contribution in [3.8, 4) is 5.75 Å². The average molecular weight is 295 g/mol. The lowest BCUT2D eigenvalue weighted by Gasteiger charge is -2.10. The van der Waals surface area contributed by atoms with Gasteiger partial charge in [0.25, 0.3) is 0 Å². The molecule has 0 aliphatic carbocycles. The lowest BCUT2D eigenvalue weighted by molar-refractivity contribution is -0.125. The highest BCUT2D eigenvalue weighted by Gasteiger charge is 2.25. The molecule has 0 amide bonds. The van der Waals surface area contributed by atoms with Crippen LogP contribution in [0.1, 0.15) is 11.1 Å². The maximum absolute atomic E-state index is 12.1. The van der Waals surface area contributed by atoms with E-state index in [0.717, 1.165) is 11.1 Å². The number of halogens is 3. The van der Waals surface area contributed by atoms with E-state index in [-0.39, 0.29) is 6.54 Å². The zero-order chi connectivity index (χ0) is 15.1. The molecule has 21 heavy (non-hydrogen) atoms. The second kappa shape index (κ2) is 7.13. The molecule has 2 nitrogen and oxygen atoms in total. The van der Waals surface area contributed by atoms with Crippen molar-refractivity contribution < 1.29 is 17.9 Å². The molecule has 0 bridgehead atoms. The summed E-state index contributed by atoms with van der Waals surface area (Å²) in [5.41, 5.74) is 1.79. The quantitative estimate of drug-likeness (QED) is 0.872. The first-order chi connectivity index (χ1) is 10.0. The molecule has 112 valence electrons. The van der Waals surface area contributed by atoms with Crippen LogP contribution in [0.4, 0.5) is 13.2 Å². The van der Waals surface area contributed by atoms with E-state index in [2.05, 4.69) is 5.32 Å². The molecule has 0 fully saturated rings. The van der Waals surface area contributed by atoms with Crippen LogP contribution in [-0.2, 0) is 13.2 Å². The predicted molar refractivity (Wildman–Crippen MR) is 75.0 cm³/mol. The molecule has 0 aliphatic rings. The summed E-state index contributed by atoms with van der Waals surface area (Å²) in [6.45, 7) is -0.412. The minimum Gasteiger partial charge on any atom is -0.489 e. The zero-order valence-electron chi connectivity index (χ0n) is 11.4. The Hall–Kier alpha value is -2.01. The summed E-state index contributed by atoms with van der Waals surface area (Å²) in [7, 11) is 0. The monoisotopic (exact) mass is 295 g/mol. The fraction of sp³-hybridized carbons (Fsp3) is 0.250. The van der Waals surface area contributed by atoms with Gasteiger partial charge in [0.05, 0.1) is 6.54 Å². The van der Waals surface area contributed by atoms with E-state index < -0.39 is 12.7 Å². The smallest absolute Gasteiger partial charge is 0.401 e. The van der Waals surface area contributed by atoms with Crippen LogP contribution in [0, 0.1) is 0 Å². The third kappa shape index (κ3) is 5.87. The first-order valence-electron chi connectivity index (χ1n) is 6.56. The van der Waals surface area contributed by atoms with Gasteiger partial charge in [-0.2, -0.15) is 13.2 Å². The first-order valence-corrected chi connectivity index (χ1v) is 6.56. The topological polar surface area (TPSA) is 21.3 Å². The fourth-order valence-electron chi connectivity index (χ4n) is 1.83. The van der Waals surface area contributed by atoms with Gasteiger partial charge in [-0.3, -0.25) is 0 Å². The van der Waals surface area contributed by atoms with Gasteiger partial charge in [-0.15, -0.1) is 0 Å². The van der Waals surface area contributed by atoms with Gasteiger partial charge in [-0.25, -0.2) is 0 Å². The highest BCUT2D eigenvalue weighted by molar-refractivity contribution is 5.29. The van der Waals surface area contributed by atoms with Crippen molar-refractivity contribution in [3.63, 3.8) is 0 Å². The van der Waals surface area contributed by atoms with Gasteiger partial charge in [-0.05, 0) is 23.3 Å². The summed E-state index contributed by atoms with van der Waals surface area (Å²) >= 11 is 0. The fourth-order valence-corrected chi connectivity index (χ4v) is 1.83. The summed E-state index contributed by atoms with van der Waals surface area (Å²) in [6.07, 6.45) is -4.19. The van der Waals surface area contributed by atoms with E-state index >= 15 is 0 Å². The first kappa shape index (κ1) is 15.4. The lowest BCUT2D eigenvalue weighted by Crippen LogP contribution is -2.28. The number of alkyl halides is 3. The predicted octanol–water partition coefficient (Wildman–Crippen LogP) is 3.92. The molecule has 1 N–H and O–H groups in total. The van der Waals surface area contributed by atoms with Crippen LogP contribution in [0.15, 0.2) is 54.6 Å². The van der Waals surface area contributed by atoms with Gasteiger partial charge in [-0.1, -0.05) is 42.5 Å². The SMILES string of the molecule is FC(F)(F)CNCc1cccc(OCc2ccccc2)c1. The number of nitrogens with one attached hydrogen (secondary N) is 1. The van der Waals surface area contributed by atoms with Gasteiger partial charge in [0, 0.05) is 6.54 Å². The Bertz CT molecular complexity index is 555. The van der Waals surface area contributed by atoms with Crippen molar-refractivity contribution in [2.45, 2.75) is 19.3 Å². The molecule has 0 heterocycles. The number of hydrogen-bond donors (Lipinski definition) is 1. The van der Waals surface area contributed by atoms with Crippen molar-refractivity contribution in [3.05, 3.63) is 65.7 Å². The Morgan fingerprint density at radius 1 is 0.905 bits per heavy atom. The van der Waals surface area contributed by atoms with Crippen LogP contribution in [0.25, 0.3) is 0 Å². The third-order valence-electron chi connectivity index (χ3n) is 2.80. The molecule has 2 rings (SSSR count). The number of ether oxygens (including phenoxy) is 1. The van der Waals surface area contributed by atoms with Crippen LogP contribution in [-0.4, -0.2) is 12.7 Å². The molecule has 0 aromatic heterocycles. The van der Waals surface area contributed by atoms with Gasteiger partial charge < -0.3 is 10.1 Å². The second-order valence-electron chi connectivity index (χ2n) is 4.64. The van der Waals surface area contributed by atoms with E-state index in [4.69, 9.17) is 4.74 Å². The second-order valence-corrected chi connectivity index (χ2v) is 4.64. The van der Waals surface area contributed by atoms with E-state index in [9.17, 15) is 13.2 Å². The highest BCUT2D eigenvalue weighted by atomic mass is 19.4. The maximum atomic E-state index is 12.1. The van der Waals surface area contributed by atoms with Gasteiger partial charge >= 0.3 is 6.18 Å². The molecule has 2 aromatic carbocycles. The highest BCUT2D eigenvalue weighted by Crippen LogP contribution is 2.16. The van der Waals surface area contributed by atoms with Crippen molar-refractivity contribution in [1.29, 1.82) is 0 Å². The molecule has 0 saturated carbocycles. The molecule has 0 saturated heterocycles. The molecule has 0 unspecified atom stereocenters. The summed E-state index contributed by atoms with van der Waals surface area (Å²) in [6, 6.07) is 16.7. The Labute approximate surface area is 121 Å². The Morgan fingerprint density at radius 2 is 1.62 bits per heavy atom. The molecule has 0 aliphatic heterocycles. The molecule has 2 aromatic rings. The van der Waals surface area contributed by atoms with Crippen molar-refractivity contribution >= 4 is 0 Å². The van der Waals surface area contributed by atoms with Crippen LogP contribution in [0.3, 0.4) is 0 Å². The van der Waals surface area contributed by atoms with E-state index in [0.29, 0.717) is 12.4 Å². The van der Waals surface area contributed by atoms with E-state index in [1.807, 2.05) is 30.3 Å². The molecular formula is C16H16F3NO. The number of rotatable bonds is 6. The lowest BCUT2D eigenvalue weighted by atomic mass is 10.2. The van der Waals surface area contributed by atoms with E-state index in [1.54, 1.807) is 24.3 Å². The Balaban J connectivity index is 1.86. The largest absolute Gasteiger partial charge is 0.489 e. The standard InChI is InChI=1S/C16H16F3NO/c17-16(18,19)12-20-10-14-7-4-8-15(9-14)21-11-13-5-2-1-3-6-13/h1-9,20H,10-12H2. The van der Waals surface area contributed by atoms with Gasteiger partial charge in [0.15, 0.2) is 0 Å². The summed E-state index contributed by atoms with van der Waals surface area (Å²) in [5, 5.41) is 2.36. The Kier molecular flexibility index (Phi) is 5.22. The van der Waals surface area contributed by atoms with Gasteiger partial charge in [0.2, 0.25) is 0 Å². The third-order valence-corrected chi connectivity index (χ3v) is 2.80. The summed E-state index contributed by atoms with van der Waals surface area (Å²) < 4.78 is 41.8. The van der Waals surface area contributed by atoms with Crippen molar-refractivity contribution in [2.24, 2.45) is 0 Å².